The Morgan fingerprint density at radius 2 is 2.21 bits per heavy atom. The van der Waals surface area contributed by atoms with Gasteiger partial charge in [-0.2, -0.15) is 0 Å². The molecule has 1 aromatic heterocycles. The number of hydrogen-bond donors (Lipinski definition) is 1. The summed E-state index contributed by atoms with van der Waals surface area (Å²) >= 11 is 1.65. The lowest BCUT2D eigenvalue weighted by molar-refractivity contribution is 0.0743. The van der Waals surface area contributed by atoms with Gasteiger partial charge in [0.05, 0.1) is 10.7 Å². The second kappa shape index (κ2) is 4.41. The van der Waals surface area contributed by atoms with Crippen molar-refractivity contribution in [2.45, 2.75) is 52.1 Å². The summed E-state index contributed by atoms with van der Waals surface area (Å²) in [5.74, 6) is 0.515. The van der Waals surface area contributed by atoms with Crippen molar-refractivity contribution in [1.29, 1.82) is 0 Å². The van der Waals surface area contributed by atoms with Gasteiger partial charge in [-0.15, -0.1) is 11.3 Å². The number of thiazole rings is 1. The smallest absolute Gasteiger partial charge is 0.102 e. The molecule has 0 saturated carbocycles. The van der Waals surface area contributed by atoms with E-state index in [1.807, 2.05) is 5.38 Å². The van der Waals surface area contributed by atoms with Gasteiger partial charge in [0.2, 0.25) is 0 Å². The molecule has 1 unspecified atom stereocenters. The van der Waals surface area contributed by atoms with E-state index < -0.39 is 5.60 Å². The molecule has 1 aromatic rings. The minimum absolute atomic E-state index is 0.515. The van der Waals surface area contributed by atoms with E-state index in [1.165, 1.54) is 12.8 Å². The second-order valence-electron chi connectivity index (χ2n) is 4.32. The standard InChI is InChI=1S/C11H19NOS/c1-5-6-8(2)10-12-9(7-14-10)11(3,4)13/h7-8,13H,5-6H2,1-4H3. The molecule has 0 aliphatic rings. The van der Waals surface area contributed by atoms with Crippen LogP contribution >= 0.6 is 11.3 Å². The van der Waals surface area contributed by atoms with E-state index in [0.29, 0.717) is 5.92 Å². The Hall–Kier alpha value is -0.410. The van der Waals surface area contributed by atoms with Crippen LogP contribution in [0.5, 0.6) is 0 Å². The predicted molar refractivity (Wildman–Crippen MR) is 60.7 cm³/mol. The Morgan fingerprint density at radius 3 is 2.64 bits per heavy atom. The maximum atomic E-state index is 9.76. The first-order valence-electron chi connectivity index (χ1n) is 5.13. The van der Waals surface area contributed by atoms with Crippen LogP contribution in [-0.2, 0) is 5.60 Å². The summed E-state index contributed by atoms with van der Waals surface area (Å²) < 4.78 is 0. The molecule has 2 nitrogen and oxygen atoms in total. The van der Waals surface area contributed by atoms with E-state index in [-0.39, 0.29) is 0 Å². The molecule has 3 heteroatoms. The Labute approximate surface area is 90.0 Å². The Bertz CT molecular complexity index is 288. The second-order valence-corrected chi connectivity index (χ2v) is 5.21. The molecular formula is C11H19NOS. The zero-order chi connectivity index (χ0) is 10.8. The highest BCUT2D eigenvalue weighted by Crippen LogP contribution is 2.28. The Morgan fingerprint density at radius 1 is 1.57 bits per heavy atom. The molecule has 1 N–H and O–H groups in total. The normalized spacial score (nSPS) is 14.4. The summed E-state index contributed by atoms with van der Waals surface area (Å²) in [6.07, 6.45) is 2.34. The van der Waals surface area contributed by atoms with Crippen LogP contribution in [0, 0.1) is 0 Å². The molecule has 0 bridgehead atoms. The van der Waals surface area contributed by atoms with Crippen molar-refractivity contribution in [3.05, 3.63) is 16.1 Å². The molecule has 0 aromatic carbocycles. The molecule has 0 fully saturated rings. The fourth-order valence-electron chi connectivity index (χ4n) is 1.35. The van der Waals surface area contributed by atoms with Gasteiger partial charge in [0.25, 0.3) is 0 Å². The van der Waals surface area contributed by atoms with Crippen molar-refractivity contribution in [3.63, 3.8) is 0 Å². The fraction of sp³-hybridized carbons (Fsp3) is 0.727. The van der Waals surface area contributed by atoms with Gasteiger partial charge in [0.15, 0.2) is 0 Å². The van der Waals surface area contributed by atoms with Crippen LogP contribution in [0.15, 0.2) is 5.38 Å². The molecule has 0 aliphatic carbocycles. The molecular weight excluding hydrogens is 194 g/mol. The van der Waals surface area contributed by atoms with Crippen molar-refractivity contribution in [1.82, 2.24) is 4.98 Å². The number of nitrogens with zero attached hydrogens (tertiary/aromatic N) is 1. The van der Waals surface area contributed by atoms with Crippen LogP contribution in [0.1, 0.15) is 57.2 Å². The molecule has 1 atom stereocenters. The number of aromatic nitrogens is 1. The van der Waals surface area contributed by atoms with Gasteiger partial charge in [0.1, 0.15) is 5.60 Å². The summed E-state index contributed by atoms with van der Waals surface area (Å²) in [5, 5.41) is 12.9. The quantitative estimate of drug-likeness (QED) is 0.832. The van der Waals surface area contributed by atoms with Gasteiger partial charge in [-0.25, -0.2) is 4.98 Å². The van der Waals surface area contributed by atoms with Crippen LogP contribution < -0.4 is 0 Å². The van der Waals surface area contributed by atoms with Gasteiger partial charge in [-0.05, 0) is 20.3 Å². The van der Waals surface area contributed by atoms with Crippen molar-refractivity contribution in [3.8, 4) is 0 Å². The van der Waals surface area contributed by atoms with Gasteiger partial charge in [-0.3, -0.25) is 0 Å². The number of rotatable bonds is 4. The van der Waals surface area contributed by atoms with E-state index in [9.17, 15) is 5.11 Å². The maximum Gasteiger partial charge on any atom is 0.102 e. The molecule has 0 aliphatic heterocycles. The fourth-order valence-corrected chi connectivity index (χ4v) is 2.43. The highest BCUT2D eigenvalue weighted by atomic mass is 32.1. The summed E-state index contributed by atoms with van der Waals surface area (Å²) in [5.41, 5.74) is -0.0128. The zero-order valence-corrected chi connectivity index (χ0v) is 10.2. The molecule has 0 radical (unpaired) electrons. The lowest BCUT2D eigenvalue weighted by Gasteiger charge is -2.13. The third kappa shape index (κ3) is 2.79. The Balaban J connectivity index is 2.78. The summed E-state index contributed by atoms with van der Waals surface area (Å²) in [6, 6.07) is 0. The third-order valence-electron chi connectivity index (χ3n) is 2.29. The van der Waals surface area contributed by atoms with E-state index in [4.69, 9.17) is 0 Å². The van der Waals surface area contributed by atoms with Gasteiger partial charge < -0.3 is 5.11 Å². The van der Waals surface area contributed by atoms with Crippen LogP contribution in [0.3, 0.4) is 0 Å². The summed E-state index contributed by atoms with van der Waals surface area (Å²) in [7, 11) is 0. The molecule has 0 spiro atoms. The van der Waals surface area contributed by atoms with Crippen LogP contribution in [0.4, 0.5) is 0 Å². The summed E-state index contributed by atoms with van der Waals surface area (Å²) in [4.78, 5) is 4.47. The summed E-state index contributed by atoms with van der Waals surface area (Å²) in [6.45, 7) is 7.92. The minimum Gasteiger partial charge on any atom is -0.384 e. The average molecular weight is 213 g/mol. The van der Waals surface area contributed by atoms with E-state index in [1.54, 1.807) is 25.2 Å². The molecule has 1 rings (SSSR count). The monoisotopic (exact) mass is 213 g/mol. The van der Waals surface area contributed by atoms with Crippen LogP contribution in [0.2, 0.25) is 0 Å². The molecule has 0 saturated heterocycles. The lowest BCUT2D eigenvalue weighted by atomic mass is 10.1. The van der Waals surface area contributed by atoms with Crippen molar-refractivity contribution in [2.75, 3.05) is 0 Å². The van der Waals surface area contributed by atoms with Gasteiger partial charge in [-0.1, -0.05) is 20.3 Å². The third-order valence-corrected chi connectivity index (χ3v) is 3.37. The lowest BCUT2D eigenvalue weighted by Crippen LogP contribution is -2.16. The van der Waals surface area contributed by atoms with E-state index in [0.717, 1.165) is 10.7 Å². The molecule has 80 valence electrons. The molecule has 1 heterocycles. The maximum absolute atomic E-state index is 9.76. The highest BCUT2D eigenvalue weighted by molar-refractivity contribution is 7.09. The first kappa shape index (κ1) is 11.7. The van der Waals surface area contributed by atoms with Crippen molar-refractivity contribution in [2.24, 2.45) is 0 Å². The van der Waals surface area contributed by atoms with Crippen molar-refractivity contribution < 1.29 is 5.11 Å². The number of aliphatic hydroxyl groups is 1. The SMILES string of the molecule is CCCC(C)c1nc(C(C)(C)O)cs1. The van der Waals surface area contributed by atoms with Gasteiger partial charge in [0, 0.05) is 11.3 Å². The largest absolute Gasteiger partial charge is 0.384 e. The first-order valence-corrected chi connectivity index (χ1v) is 6.01. The topological polar surface area (TPSA) is 33.1 Å². The van der Waals surface area contributed by atoms with Crippen LogP contribution in [-0.4, -0.2) is 10.1 Å². The van der Waals surface area contributed by atoms with E-state index in [2.05, 4.69) is 18.8 Å². The molecule has 0 amide bonds. The number of hydrogen-bond acceptors (Lipinski definition) is 3. The van der Waals surface area contributed by atoms with Crippen molar-refractivity contribution >= 4 is 11.3 Å². The predicted octanol–water partition coefficient (Wildman–Crippen LogP) is 3.27. The first-order chi connectivity index (χ1) is 6.45. The van der Waals surface area contributed by atoms with Gasteiger partial charge >= 0.3 is 0 Å². The van der Waals surface area contributed by atoms with E-state index >= 15 is 0 Å². The van der Waals surface area contributed by atoms with Crippen LogP contribution in [0.25, 0.3) is 0 Å². The average Bonchev–Trinajstić information content (AvgIpc) is 2.51. The zero-order valence-electron chi connectivity index (χ0n) is 9.37. The highest BCUT2D eigenvalue weighted by Gasteiger charge is 2.20. The molecule has 14 heavy (non-hydrogen) atoms. The Kier molecular flexibility index (Phi) is 3.67. The minimum atomic E-state index is -0.805.